The molecule has 0 bridgehead atoms. The maximum atomic E-state index is 12.6. The highest BCUT2D eigenvalue weighted by Gasteiger charge is 2.37. The van der Waals surface area contributed by atoms with Gasteiger partial charge in [0.05, 0.1) is 30.1 Å². The number of ether oxygens (including phenoxy) is 1. The van der Waals surface area contributed by atoms with Crippen LogP contribution in [0.25, 0.3) is 16.6 Å². The Kier molecular flexibility index (Phi) is 6.23. The predicted octanol–water partition coefficient (Wildman–Crippen LogP) is 3.80. The Morgan fingerprint density at radius 2 is 2.06 bits per heavy atom. The van der Waals surface area contributed by atoms with E-state index in [0.29, 0.717) is 17.9 Å². The average molecular weight is 447 g/mol. The number of amides is 1. The zero-order chi connectivity index (χ0) is 23.6. The smallest absolute Gasteiger partial charge is 0.226 e. The lowest BCUT2D eigenvalue weighted by molar-refractivity contribution is -0.131. The number of piperidine rings is 1. The molecule has 1 aliphatic rings. The Hall–Kier alpha value is -3.60. The number of fused-ring (bicyclic) bond motifs is 1. The summed E-state index contributed by atoms with van der Waals surface area (Å²) in [5.41, 5.74) is 2.64. The molecule has 0 spiro atoms. The van der Waals surface area contributed by atoms with Crippen LogP contribution >= 0.6 is 0 Å². The van der Waals surface area contributed by atoms with Crippen molar-refractivity contribution in [1.82, 2.24) is 19.9 Å². The quantitative estimate of drug-likeness (QED) is 0.619. The van der Waals surface area contributed by atoms with Gasteiger partial charge in [-0.15, -0.1) is 0 Å². The highest BCUT2D eigenvalue weighted by molar-refractivity contribution is 5.85. The molecule has 8 nitrogen and oxygen atoms in total. The van der Waals surface area contributed by atoms with Crippen molar-refractivity contribution < 1.29 is 9.53 Å². The number of hydrogen-bond donors (Lipinski definition) is 1. The van der Waals surface area contributed by atoms with Crippen molar-refractivity contribution in [3.8, 4) is 22.9 Å². The van der Waals surface area contributed by atoms with E-state index in [1.54, 1.807) is 16.9 Å². The molecule has 0 radical (unpaired) electrons. The van der Waals surface area contributed by atoms with E-state index in [2.05, 4.69) is 21.4 Å². The van der Waals surface area contributed by atoms with Crippen LogP contribution < -0.4 is 15.0 Å². The lowest BCUT2D eigenvalue weighted by atomic mass is 9.79. The van der Waals surface area contributed by atoms with E-state index in [1.165, 1.54) is 0 Å². The molecule has 0 atom stereocenters. The number of aromatic nitrogens is 3. The van der Waals surface area contributed by atoms with Crippen LogP contribution in [0.3, 0.4) is 0 Å². The number of hydrogen-bond acceptors (Lipinski definition) is 6. The van der Waals surface area contributed by atoms with Gasteiger partial charge in [-0.25, -0.2) is 9.50 Å². The Morgan fingerprint density at radius 3 is 2.67 bits per heavy atom. The van der Waals surface area contributed by atoms with Gasteiger partial charge in [-0.2, -0.15) is 10.4 Å². The molecule has 1 aliphatic heterocycles. The van der Waals surface area contributed by atoms with Crippen LogP contribution in [0, 0.1) is 16.7 Å². The molecule has 33 heavy (non-hydrogen) atoms. The van der Waals surface area contributed by atoms with Crippen molar-refractivity contribution in [2.75, 3.05) is 24.6 Å². The summed E-state index contributed by atoms with van der Waals surface area (Å²) >= 11 is 0. The van der Waals surface area contributed by atoms with E-state index in [9.17, 15) is 10.1 Å². The van der Waals surface area contributed by atoms with Crippen LogP contribution in [0.15, 0.2) is 36.8 Å². The van der Waals surface area contributed by atoms with E-state index in [-0.39, 0.29) is 17.4 Å². The molecule has 1 N–H and O–H groups in total. The van der Waals surface area contributed by atoms with Crippen LogP contribution in [-0.2, 0) is 4.79 Å². The van der Waals surface area contributed by atoms with Crippen molar-refractivity contribution in [1.29, 1.82) is 5.26 Å². The van der Waals surface area contributed by atoms with Crippen LogP contribution in [-0.4, -0.2) is 46.2 Å². The first-order valence-corrected chi connectivity index (χ1v) is 11.4. The van der Waals surface area contributed by atoms with Gasteiger partial charge in [0.2, 0.25) is 5.91 Å². The molecule has 0 unspecified atom stereocenters. The van der Waals surface area contributed by atoms with Crippen molar-refractivity contribution in [3.63, 3.8) is 0 Å². The van der Waals surface area contributed by atoms with Crippen molar-refractivity contribution in [3.05, 3.63) is 42.4 Å². The largest absolute Gasteiger partial charge is 0.492 e. The topological polar surface area (TPSA) is 95.5 Å². The van der Waals surface area contributed by atoms with Crippen LogP contribution in [0.5, 0.6) is 5.75 Å². The van der Waals surface area contributed by atoms with Gasteiger partial charge in [-0.05, 0) is 51.8 Å². The number of nitriles is 1. The number of pyridine rings is 2. The molecule has 8 heteroatoms. The lowest BCUT2D eigenvalue weighted by Gasteiger charge is -2.39. The summed E-state index contributed by atoms with van der Waals surface area (Å²) in [5, 5.41) is 16.9. The van der Waals surface area contributed by atoms with Gasteiger partial charge in [0.1, 0.15) is 17.6 Å². The monoisotopic (exact) mass is 446 g/mol. The van der Waals surface area contributed by atoms with E-state index in [4.69, 9.17) is 9.72 Å². The van der Waals surface area contributed by atoms with E-state index in [0.717, 1.165) is 48.4 Å². The zero-order valence-corrected chi connectivity index (χ0v) is 19.6. The number of carbonyl (C=O) groups excluding carboxylic acids is 1. The second-order valence-corrected chi connectivity index (χ2v) is 9.07. The van der Waals surface area contributed by atoms with Crippen molar-refractivity contribution in [2.45, 2.75) is 46.6 Å². The van der Waals surface area contributed by atoms with E-state index < -0.39 is 0 Å². The first-order valence-electron chi connectivity index (χ1n) is 11.4. The van der Waals surface area contributed by atoms with Gasteiger partial charge in [0, 0.05) is 41.9 Å². The number of anilines is 1. The molecule has 1 amide bonds. The number of carbonyl (C=O) groups is 1. The average Bonchev–Trinajstić information content (AvgIpc) is 3.22. The fraction of sp³-hybridized carbons (Fsp3) is 0.440. The predicted molar refractivity (Wildman–Crippen MR) is 127 cm³/mol. The fourth-order valence-corrected chi connectivity index (χ4v) is 4.27. The molecular formula is C25H30N6O2. The van der Waals surface area contributed by atoms with Gasteiger partial charge < -0.3 is 15.0 Å². The molecule has 1 saturated heterocycles. The normalized spacial score (nSPS) is 15.5. The van der Waals surface area contributed by atoms with Crippen LogP contribution in [0.1, 0.15) is 46.1 Å². The maximum absolute atomic E-state index is 12.6. The fourth-order valence-electron chi connectivity index (χ4n) is 4.27. The first kappa shape index (κ1) is 22.6. The third-order valence-electron chi connectivity index (χ3n) is 6.24. The van der Waals surface area contributed by atoms with Gasteiger partial charge in [0.25, 0.3) is 0 Å². The zero-order valence-electron chi connectivity index (χ0n) is 19.6. The van der Waals surface area contributed by atoms with Crippen LogP contribution in [0.2, 0.25) is 0 Å². The van der Waals surface area contributed by atoms with Gasteiger partial charge in [0.15, 0.2) is 0 Å². The number of nitrogens with one attached hydrogen (secondary N) is 1. The molecular weight excluding hydrogens is 416 g/mol. The number of rotatable bonds is 6. The third kappa shape index (κ3) is 4.49. The minimum Gasteiger partial charge on any atom is -0.492 e. The first-order chi connectivity index (χ1) is 15.8. The van der Waals surface area contributed by atoms with Crippen molar-refractivity contribution in [2.24, 2.45) is 5.41 Å². The molecule has 4 heterocycles. The summed E-state index contributed by atoms with van der Waals surface area (Å²) in [6.45, 7) is 10.1. The molecule has 172 valence electrons. The molecule has 0 aromatic carbocycles. The minimum absolute atomic E-state index is 0.132. The highest BCUT2D eigenvalue weighted by atomic mass is 16.5. The molecule has 0 saturated carbocycles. The highest BCUT2D eigenvalue weighted by Crippen LogP contribution is 2.34. The van der Waals surface area contributed by atoms with Gasteiger partial charge in [-0.1, -0.05) is 6.92 Å². The van der Waals surface area contributed by atoms with Gasteiger partial charge in [-0.3, -0.25) is 4.79 Å². The van der Waals surface area contributed by atoms with E-state index in [1.807, 2.05) is 52.1 Å². The number of nitrogens with zero attached hydrogens (tertiary/aromatic N) is 5. The Labute approximate surface area is 194 Å². The second kappa shape index (κ2) is 9.10. The summed E-state index contributed by atoms with van der Waals surface area (Å²) in [6.07, 6.45) is 6.75. The summed E-state index contributed by atoms with van der Waals surface area (Å²) in [5.74, 6) is 1.70. The Balaban J connectivity index is 1.56. The molecule has 4 rings (SSSR count). The Morgan fingerprint density at radius 1 is 1.30 bits per heavy atom. The molecule has 0 aliphatic carbocycles. The van der Waals surface area contributed by atoms with E-state index >= 15 is 0 Å². The summed E-state index contributed by atoms with van der Waals surface area (Å²) < 4.78 is 7.38. The lowest BCUT2D eigenvalue weighted by Crippen LogP contribution is -2.49. The summed E-state index contributed by atoms with van der Waals surface area (Å²) in [6, 6.07) is 8.30. The second-order valence-electron chi connectivity index (χ2n) is 9.07. The standard InChI is InChI=1S/C25H30N6O2/c1-5-33-20-12-21(23-19(13-26)15-28-31(23)16-20)18-6-7-22(27-14-18)30-10-8-25(4,9-11-30)24(32)29-17(2)3/h6-7,12,14-17H,5,8-11H2,1-4H3,(H,29,32). The molecule has 3 aromatic heterocycles. The van der Waals surface area contributed by atoms with Crippen molar-refractivity contribution >= 4 is 17.2 Å². The summed E-state index contributed by atoms with van der Waals surface area (Å²) in [4.78, 5) is 19.5. The SMILES string of the molecule is CCOc1cc(-c2ccc(N3CCC(C)(C(=O)NC(C)C)CC3)nc2)c2c(C#N)cnn2c1. The minimum atomic E-state index is -0.346. The Bertz CT molecular complexity index is 1180. The van der Waals surface area contributed by atoms with Gasteiger partial charge >= 0.3 is 0 Å². The third-order valence-corrected chi connectivity index (χ3v) is 6.24. The maximum Gasteiger partial charge on any atom is 0.226 e. The van der Waals surface area contributed by atoms with Crippen LogP contribution in [0.4, 0.5) is 5.82 Å². The molecule has 1 fully saturated rings. The summed E-state index contributed by atoms with van der Waals surface area (Å²) in [7, 11) is 0. The molecule has 3 aromatic rings.